The van der Waals surface area contributed by atoms with Crippen LogP contribution in [-0.2, 0) is 19.1 Å². The summed E-state index contributed by atoms with van der Waals surface area (Å²) in [6.07, 6.45) is 2.13. The van der Waals surface area contributed by atoms with Gasteiger partial charge in [0.15, 0.2) is 6.61 Å². The SMILES string of the molecule is COc1ccc(NC(=O)COC(=O)c2cccc(N3C(=O)[C@H]4C[C@@H](c5ccccc5)CC[C@H]4C3=O)c2)cc1. The molecule has 1 heterocycles. The third-order valence-electron chi connectivity index (χ3n) is 7.24. The first-order valence-corrected chi connectivity index (χ1v) is 12.6. The number of nitrogens with one attached hydrogen (secondary N) is 1. The second-order valence-corrected chi connectivity index (χ2v) is 9.55. The molecule has 0 radical (unpaired) electrons. The van der Waals surface area contributed by atoms with Crippen LogP contribution in [0, 0.1) is 11.8 Å². The molecule has 0 spiro atoms. The Balaban J connectivity index is 1.23. The summed E-state index contributed by atoms with van der Waals surface area (Å²) in [5.74, 6) is -1.52. The fraction of sp³-hybridized carbons (Fsp3) is 0.267. The van der Waals surface area contributed by atoms with Crippen LogP contribution in [0.4, 0.5) is 11.4 Å². The highest BCUT2D eigenvalue weighted by atomic mass is 16.5. The minimum atomic E-state index is -0.725. The molecule has 3 aromatic carbocycles. The number of hydrogen-bond donors (Lipinski definition) is 1. The predicted molar refractivity (Wildman–Crippen MR) is 141 cm³/mol. The van der Waals surface area contributed by atoms with Gasteiger partial charge in [-0.15, -0.1) is 0 Å². The molecule has 3 amide bonds. The van der Waals surface area contributed by atoms with Gasteiger partial charge in [-0.05, 0) is 73.2 Å². The van der Waals surface area contributed by atoms with E-state index in [0.29, 0.717) is 30.0 Å². The Morgan fingerprint density at radius 1 is 0.895 bits per heavy atom. The van der Waals surface area contributed by atoms with Gasteiger partial charge in [0, 0.05) is 5.69 Å². The molecule has 3 atom stereocenters. The molecule has 0 bridgehead atoms. The average Bonchev–Trinajstić information content (AvgIpc) is 3.21. The number of carbonyl (C=O) groups excluding carboxylic acids is 4. The van der Waals surface area contributed by atoms with Gasteiger partial charge in [-0.3, -0.25) is 19.3 Å². The number of anilines is 2. The zero-order valence-corrected chi connectivity index (χ0v) is 21.0. The highest BCUT2D eigenvalue weighted by molar-refractivity contribution is 6.22. The van der Waals surface area contributed by atoms with Gasteiger partial charge in [0.05, 0.1) is 30.2 Å². The zero-order chi connectivity index (χ0) is 26.6. The molecule has 2 aliphatic rings. The lowest BCUT2D eigenvalue weighted by Gasteiger charge is -2.28. The van der Waals surface area contributed by atoms with Gasteiger partial charge < -0.3 is 14.8 Å². The minimum Gasteiger partial charge on any atom is -0.497 e. The van der Waals surface area contributed by atoms with Crippen LogP contribution in [0.3, 0.4) is 0 Å². The Kier molecular flexibility index (Phi) is 7.22. The van der Waals surface area contributed by atoms with Gasteiger partial charge >= 0.3 is 5.97 Å². The van der Waals surface area contributed by atoms with E-state index < -0.39 is 18.5 Å². The van der Waals surface area contributed by atoms with Gasteiger partial charge in [0.25, 0.3) is 5.91 Å². The molecule has 1 aliphatic carbocycles. The standard InChI is InChI=1S/C30H28N2O6/c1-37-24-13-11-22(12-14-24)31-27(33)18-38-30(36)21-8-5-9-23(16-21)32-28(34)25-15-10-20(17-26(25)29(32)35)19-6-3-2-4-7-19/h2-9,11-14,16,20,25-26H,10,15,17-18H2,1H3,(H,31,33)/t20-,25+,26-/m0/s1. The fourth-order valence-electron chi connectivity index (χ4n) is 5.32. The molecule has 8 heteroatoms. The summed E-state index contributed by atoms with van der Waals surface area (Å²) in [6.45, 7) is -0.484. The molecule has 3 aromatic rings. The quantitative estimate of drug-likeness (QED) is 0.368. The molecule has 5 rings (SSSR count). The maximum Gasteiger partial charge on any atom is 0.338 e. The number of carbonyl (C=O) groups is 4. The number of rotatable bonds is 7. The van der Waals surface area contributed by atoms with Crippen molar-refractivity contribution >= 4 is 35.1 Å². The summed E-state index contributed by atoms with van der Waals surface area (Å²) in [7, 11) is 1.55. The topological polar surface area (TPSA) is 102 Å². The van der Waals surface area contributed by atoms with E-state index in [-0.39, 0.29) is 35.1 Å². The van der Waals surface area contributed by atoms with Crippen molar-refractivity contribution in [3.8, 4) is 5.75 Å². The lowest BCUT2D eigenvalue weighted by Crippen LogP contribution is -2.31. The highest BCUT2D eigenvalue weighted by Gasteiger charge is 2.50. The molecule has 1 aliphatic heterocycles. The van der Waals surface area contributed by atoms with Crippen molar-refractivity contribution in [1.29, 1.82) is 0 Å². The van der Waals surface area contributed by atoms with Crippen LogP contribution >= 0.6 is 0 Å². The van der Waals surface area contributed by atoms with Crippen molar-refractivity contribution in [2.24, 2.45) is 11.8 Å². The van der Waals surface area contributed by atoms with Gasteiger partial charge in [0.1, 0.15) is 5.75 Å². The molecule has 1 saturated heterocycles. The van der Waals surface area contributed by atoms with Crippen LogP contribution in [-0.4, -0.2) is 37.4 Å². The van der Waals surface area contributed by atoms with E-state index in [2.05, 4.69) is 17.4 Å². The van der Waals surface area contributed by atoms with Crippen LogP contribution in [0.25, 0.3) is 0 Å². The number of amides is 3. The molecule has 0 unspecified atom stereocenters. The van der Waals surface area contributed by atoms with Crippen LogP contribution in [0.2, 0.25) is 0 Å². The summed E-state index contributed by atoms with van der Waals surface area (Å²) in [6, 6.07) is 23.0. The van der Waals surface area contributed by atoms with Crippen molar-refractivity contribution in [1.82, 2.24) is 0 Å². The number of hydrogen-bond acceptors (Lipinski definition) is 6. The molecule has 38 heavy (non-hydrogen) atoms. The number of benzene rings is 3. The summed E-state index contributed by atoms with van der Waals surface area (Å²) in [4.78, 5) is 52.7. The zero-order valence-electron chi connectivity index (χ0n) is 21.0. The predicted octanol–water partition coefficient (Wildman–Crippen LogP) is 4.56. The lowest BCUT2D eigenvalue weighted by molar-refractivity contribution is -0.122. The van der Waals surface area contributed by atoms with Gasteiger partial charge in [-0.25, -0.2) is 4.79 Å². The maximum absolute atomic E-state index is 13.4. The molecule has 2 fully saturated rings. The Morgan fingerprint density at radius 3 is 2.37 bits per heavy atom. The molecule has 8 nitrogen and oxygen atoms in total. The van der Waals surface area contributed by atoms with Crippen LogP contribution in [0.5, 0.6) is 5.75 Å². The molecule has 0 aromatic heterocycles. The molecule has 1 N–H and O–H groups in total. The van der Waals surface area contributed by atoms with E-state index in [1.807, 2.05) is 18.2 Å². The number of nitrogens with zero attached hydrogens (tertiary/aromatic N) is 1. The molecule has 194 valence electrons. The van der Waals surface area contributed by atoms with Crippen molar-refractivity contribution in [3.63, 3.8) is 0 Å². The van der Waals surface area contributed by atoms with Crippen LogP contribution < -0.4 is 15.0 Å². The normalized spacial score (nSPS) is 20.6. The Morgan fingerprint density at radius 2 is 1.63 bits per heavy atom. The number of methoxy groups -OCH3 is 1. The van der Waals surface area contributed by atoms with E-state index in [9.17, 15) is 19.2 Å². The third kappa shape index (κ3) is 5.16. The lowest BCUT2D eigenvalue weighted by atomic mass is 9.73. The Bertz CT molecular complexity index is 1350. The van der Waals surface area contributed by atoms with Crippen LogP contribution in [0.1, 0.15) is 41.1 Å². The first-order valence-electron chi connectivity index (χ1n) is 12.6. The van der Waals surface area contributed by atoms with E-state index in [4.69, 9.17) is 9.47 Å². The van der Waals surface area contributed by atoms with Crippen molar-refractivity contribution in [3.05, 3.63) is 90.0 Å². The van der Waals surface area contributed by atoms with Gasteiger partial charge in [0.2, 0.25) is 11.8 Å². The fourth-order valence-corrected chi connectivity index (χ4v) is 5.32. The second-order valence-electron chi connectivity index (χ2n) is 9.55. The largest absolute Gasteiger partial charge is 0.497 e. The minimum absolute atomic E-state index is 0.150. The van der Waals surface area contributed by atoms with E-state index >= 15 is 0 Å². The Labute approximate surface area is 220 Å². The van der Waals surface area contributed by atoms with Crippen LogP contribution in [0.15, 0.2) is 78.9 Å². The smallest absolute Gasteiger partial charge is 0.338 e. The van der Waals surface area contributed by atoms with Crippen molar-refractivity contribution in [2.75, 3.05) is 23.9 Å². The highest BCUT2D eigenvalue weighted by Crippen LogP contribution is 2.45. The van der Waals surface area contributed by atoms with Crippen molar-refractivity contribution < 1.29 is 28.7 Å². The first kappa shape index (κ1) is 25.2. The maximum atomic E-state index is 13.4. The summed E-state index contributed by atoms with van der Waals surface area (Å²) < 4.78 is 10.3. The van der Waals surface area contributed by atoms with E-state index in [1.165, 1.54) is 22.6 Å². The summed E-state index contributed by atoms with van der Waals surface area (Å²) in [5, 5.41) is 2.64. The van der Waals surface area contributed by atoms with Crippen molar-refractivity contribution in [2.45, 2.75) is 25.2 Å². The number of imide groups is 1. The second kappa shape index (κ2) is 10.9. The van der Waals surface area contributed by atoms with E-state index in [1.54, 1.807) is 43.5 Å². The van der Waals surface area contributed by atoms with E-state index in [0.717, 1.165) is 6.42 Å². The molecular weight excluding hydrogens is 484 g/mol. The molecule has 1 saturated carbocycles. The summed E-state index contributed by atoms with van der Waals surface area (Å²) in [5.41, 5.74) is 2.21. The number of ether oxygens (including phenoxy) is 2. The Hall–Kier alpha value is -4.46. The monoisotopic (exact) mass is 512 g/mol. The first-order chi connectivity index (χ1) is 18.4. The number of fused-ring (bicyclic) bond motifs is 1. The molecular formula is C30H28N2O6. The number of esters is 1. The third-order valence-corrected chi connectivity index (χ3v) is 7.24. The summed E-state index contributed by atoms with van der Waals surface area (Å²) >= 11 is 0. The average molecular weight is 513 g/mol. The van der Waals surface area contributed by atoms with Gasteiger partial charge in [-0.2, -0.15) is 0 Å². The van der Waals surface area contributed by atoms with Gasteiger partial charge in [-0.1, -0.05) is 36.4 Å².